The summed E-state index contributed by atoms with van der Waals surface area (Å²) in [5.41, 5.74) is -3.96. The van der Waals surface area contributed by atoms with E-state index in [1.54, 1.807) is 19.1 Å². The fraction of sp³-hybridized carbons (Fsp3) is 0.188. The highest BCUT2D eigenvalue weighted by Crippen LogP contribution is 2.27. The molecule has 2 aromatic carbocycles. The van der Waals surface area contributed by atoms with Gasteiger partial charge in [0, 0.05) is 5.69 Å². The van der Waals surface area contributed by atoms with Gasteiger partial charge in [-0.05, 0) is 43.2 Å². The number of halogens is 3. The van der Waals surface area contributed by atoms with Crippen LogP contribution in [0.3, 0.4) is 0 Å². The lowest BCUT2D eigenvalue weighted by Crippen LogP contribution is -2.30. The SMILES string of the molecule is Cc1cccc(NC(=O)c2ccccc2NS(=O)(=O)C(F)(F)F)c1C. The van der Waals surface area contributed by atoms with E-state index in [9.17, 15) is 26.4 Å². The van der Waals surface area contributed by atoms with Crippen LogP contribution in [0, 0.1) is 13.8 Å². The van der Waals surface area contributed by atoms with Crippen molar-refractivity contribution in [1.29, 1.82) is 0 Å². The lowest BCUT2D eigenvalue weighted by molar-refractivity contribution is -0.0429. The van der Waals surface area contributed by atoms with Crippen molar-refractivity contribution >= 4 is 27.3 Å². The molecule has 0 fully saturated rings. The molecule has 0 unspecified atom stereocenters. The first kappa shape index (κ1) is 18.8. The zero-order valence-corrected chi connectivity index (χ0v) is 14.1. The Kier molecular flexibility index (Phi) is 5.07. The number of carbonyl (C=O) groups excluding carboxylic acids is 1. The molecule has 9 heteroatoms. The molecule has 5 nitrogen and oxygen atoms in total. The zero-order chi connectivity index (χ0) is 18.8. The Hall–Kier alpha value is -2.55. The standard InChI is InChI=1S/C16H15F3N2O3S/c1-10-6-5-9-13(11(10)2)20-15(22)12-7-3-4-8-14(12)21-25(23,24)16(17,18)19/h3-9,21H,1-2H3,(H,20,22). The molecule has 0 heterocycles. The molecule has 1 amide bonds. The minimum absolute atomic E-state index is 0.226. The van der Waals surface area contributed by atoms with Crippen LogP contribution in [0.15, 0.2) is 42.5 Å². The van der Waals surface area contributed by atoms with Gasteiger partial charge in [0.1, 0.15) is 0 Å². The van der Waals surface area contributed by atoms with Gasteiger partial charge in [-0.25, -0.2) is 0 Å². The van der Waals surface area contributed by atoms with Gasteiger partial charge in [0.2, 0.25) is 0 Å². The summed E-state index contributed by atoms with van der Waals surface area (Å²) in [6.45, 7) is 3.62. The molecule has 2 rings (SSSR count). The number of rotatable bonds is 4. The predicted molar refractivity (Wildman–Crippen MR) is 88.9 cm³/mol. The molecule has 2 aromatic rings. The molecule has 0 aliphatic heterocycles. The highest BCUT2D eigenvalue weighted by molar-refractivity contribution is 7.93. The number of para-hydroxylation sites is 1. The predicted octanol–water partition coefficient (Wildman–Crippen LogP) is 3.82. The summed E-state index contributed by atoms with van der Waals surface area (Å²) in [7, 11) is -5.62. The molecule has 0 aliphatic rings. The van der Waals surface area contributed by atoms with Crippen LogP contribution in [0.4, 0.5) is 24.5 Å². The molecule has 0 saturated heterocycles. The Morgan fingerprint density at radius 2 is 1.56 bits per heavy atom. The van der Waals surface area contributed by atoms with Crippen LogP contribution in [-0.2, 0) is 10.0 Å². The number of amides is 1. The summed E-state index contributed by atoms with van der Waals surface area (Å²) in [5, 5.41) is 2.58. The van der Waals surface area contributed by atoms with Crippen molar-refractivity contribution in [1.82, 2.24) is 0 Å². The number of sulfonamides is 1. The number of aryl methyl sites for hydroxylation is 1. The summed E-state index contributed by atoms with van der Waals surface area (Å²) in [6.07, 6.45) is 0. The molecule has 0 aromatic heterocycles. The van der Waals surface area contributed by atoms with E-state index in [-0.39, 0.29) is 5.56 Å². The Morgan fingerprint density at radius 1 is 0.960 bits per heavy atom. The van der Waals surface area contributed by atoms with E-state index in [0.29, 0.717) is 5.69 Å². The van der Waals surface area contributed by atoms with Gasteiger partial charge in [0.15, 0.2) is 0 Å². The molecule has 0 atom stereocenters. The molecular formula is C16H15F3N2O3S. The molecule has 25 heavy (non-hydrogen) atoms. The third-order valence-electron chi connectivity index (χ3n) is 3.57. The molecule has 0 spiro atoms. The highest BCUT2D eigenvalue weighted by Gasteiger charge is 2.46. The molecule has 0 bridgehead atoms. The fourth-order valence-corrected chi connectivity index (χ4v) is 2.63. The van der Waals surface area contributed by atoms with E-state index in [4.69, 9.17) is 0 Å². The average molecular weight is 372 g/mol. The van der Waals surface area contributed by atoms with Gasteiger partial charge >= 0.3 is 15.5 Å². The van der Waals surface area contributed by atoms with Gasteiger partial charge in [-0.2, -0.15) is 21.6 Å². The van der Waals surface area contributed by atoms with Crippen LogP contribution in [0.5, 0.6) is 0 Å². The van der Waals surface area contributed by atoms with E-state index in [0.717, 1.165) is 17.2 Å². The maximum atomic E-state index is 12.5. The summed E-state index contributed by atoms with van der Waals surface area (Å²) in [6, 6.07) is 10.3. The highest BCUT2D eigenvalue weighted by atomic mass is 32.2. The minimum Gasteiger partial charge on any atom is -0.322 e. The van der Waals surface area contributed by atoms with E-state index >= 15 is 0 Å². The number of hydrogen-bond acceptors (Lipinski definition) is 3. The van der Waals surface area contributed by atoms with Crippen LogP contribution in [0.1, 0.15) is 21.5 Å². The van der Waals surface area contributed by atoms with Gasteiger partial charge in [0.25, 0.3) is 5.91 Å². The van der Waals surface area contributed by atoms with E-state index in [1.165, 1.54) is 22.9 Å². The number of hydrogen-bond donors (Lipinski definition) is 2. The van der Waals surface area contributed by atoms with E-state index in [1.807, 2.05) is 13.0 Å². The molecule has 134 valence electrons. The van der Waals surface area contributed by atoms with Crippen LogP contribution >= 0.6 is 0 Å². The van der Waals surface area contributed by atoms with Gasteiger partial charge < -0.3 is 5.32 Å². The average Bonchev–Trinajstić information content (AvgIpc) is 2.51. The Balaban J connectivity index is 2.34. The molecule has 0 saturated carbocycles. The second kappa shape index (κ2) is 6.75. The fourth-order valence-electron chi connectivity index (χ4n) is 2.05. The minimum atomic E-state index is -5.62. The largest absolute Gasteiger partial charge is 0.516 e. The monoisotopic (exact) mass is 372 g/mol. The Bertz CT molecular complexity index is 909. The van der Waals surface area contributed by atoms with Crippen molar-refractivity contribution in [3.8, 4) is 0 Å². The van der Waals surface area contributed by atoms with Crippen molar-refractivity contribution < 1.29 is 26.4 Å². The van der Waals surface area contributed by atoms with Crippen molar-refractivity contribution in [2.45, 2.75) is 19.4 Å². The second-order valence-corrected chi connectivity index (χ2v) is 6.97. The maximum Gasteiger partial charge on any atom is 0.516 e. The lowest BCUT2D eigenvalue weighted by atomic mass is 10.1. The van der Waals surface area contributed by atoms with Crippen molar-refractivity contribution in [3.63, 3.8) is 0 Å². The smallest absolute Gasteiger partial charge is 0.322 e. The number of alkyl halides is 3. The summed E-state index contributed by atoms with van der Waals surface area (Å²) in [4.78, 5) is 12.4. The molecule has 2 N–H and O–H groups in total. The van der Waals surface area contributed by atoms with Crippen molar-refractivity contribution in [2.24, 2.45) is 0 Å². The van der Waals surface area contributed by atoms with Gasteiger partial charge in [-0.3, -0.25) is 9.52 Å². The molecule has 0 radical (unpaired) electrons. The topological polar surface area (TPSA) is 75.3 Å². The summed E-state index contributed by atoms with van der Waals surface area (Å²) in [5.74, 6) is -0.728. The maximum absolute atomic E-state index is 12.5. The normalized spacial score (nSPS) is 11.9. The third-order valence-corrected chi connectivity index (χ3v) is 4.67. The molecular weight excluding hydrogens is 357 g/mol. The van der Waals surface area contributed by atoms with E-state index < -0.39 is 27.1 Å². The third kappa shape index (κ3) is 4.11. The Morgan fingerprint density at radius 3 is 2.20 bits per heavy atom. The van der Waals surface area contributed by atoms with Crippen LogP contribution in [0.2, 0.25) is 0 Å². The van der Waals surface area contributed by atoms with Crippen LogP contribution in [-0.4, -0.2) is 19.8 Å². The van der Waals surface area contributed by atoms with Crippen molar-refractivity contribution in [2.75, 3.05) is 10.0 Å². The Labute approximate surface area is 142 Å². The quantitative estimate of drug-likeness (QED) is 0.857. The van der Waals surface area contributed by atoms with Gasteiger partial charge in [-0.15, -0.1) is 0 Å². The van der Waals surface area contributed by atoms with E-state index in [2.05, 4.69) is 5.32 Å². The number of carbonyl (C=O) groups is 1. The number of anilines is 2. The molecule has 0 aliphatic carbocycles. The first-order valence-corrected chi connectivity index (χ1v) is 8.57. The first-order valence-electron chi connectivity index (χ1n) is 7.08. The number of benzene rings is 2. The first-order chi connectivity index (χ1) is 11.5. The summed E-state index contributed by atoms with van der Waals surface area (Å²) < 4.78 is 61.6. The van der Waals surface area contributed by atoms with Gasteiger partial charge in [-0.1, -0.05) is 24.3 Å². The van der Waals surface area contributed by atoms with Crippen LogP contribution in [0.25, 0.3) is 0 Å². The van der Waals surface area contributed by atoms with Crippen LogP contribution < -0.4 is 10.0 Å². The lowest BCUT2D eigenvalue weighted by Gasteiger charge is -2.15. The zero-order valence-electron chi connectivity index (χ0n) is 13.3. The summed E-state index contributed by atoms with van der Waals surface area (Å²) >= 11 is 0. The second-order valence-electron chi connectivity index (χ2n) is 5.30. The van der Waals surface area contributed by atoms with Gasteiger partial charge in [0.05, 0.1) is 11.3 Å². The number of nitrogens with one attached hydrogen (secondary N) is 2. The van der Waals surface area contributed by atoms with Crippen molar-refractivity contribution in [3.05, 3.63) is 59.2 Å².